The Morgan fingerprint density at radius 1 is 0.762 bits per heavy atom. The molecule has 1 aliphatic rings. The van der Waals surface area contributed by atoms with E-state index in [2.05, 4.69) is 15.2 Å². The maximum absolute atomic E-state index is 11.2. The van der Waals surface area contributed by atoms with Gasteiger partial charge in [0.2, 0.25) is 0 Å². The molecule has 0 unspecified atom stereocenters. The summed E-state index contributed by atoms with van der Waals surface area (Å²) in [5.41, 5.74) is 3.49. The third-order valence-corrected chi connectivity index (χ3v) is 8.25. The molecule has 42 heavy (non-hydrogen) atoms. The molecule has 1 saturated heterocycles. The van der Waals surface area contributed by atoms with Crippen LogP contribution < -0.4 is 10.2 Å². The lowest BCUT2D eigenvalue weighted by Crippen LogP contribution is -2.30. The van der Waals surface area contributed by atoms with Crippen molar-refractivity contribution in [3.05, 3.63) is 147 Å². The minimum atomic E-state index is -0.415. The second-order valence-corrected chi connectivity index (χ2v) is 11.0. The Bertz CT molecular complexity index is 1760. The molecule has 0 amide bonds. The van der Waals surface area contributed by atoms with Crippen LogP contribution in [0.15, 0.2) is 125 Å². The molecule has 1 N–H and O–H groups in total. The molecule has 5 aromatic rings. The highest BCUT2D eigenvalue weighted by Crippen LogP contribution is 2.43. The van der Waals surface area contributed by atoms with Crippen LogP contribution in [0, 0.1) is 20.2 Å². The molecule has 1 fully saturated rings. The maximum atomic E-state index is 11.2. The number of pyridine rings is 1. The Hall–Kier alpha value is -5.07. The van der Waals surface area contributed by atoms with Crippen LogP contribution in [0.3, 0.4) is 0 Å². The molecule has 10 nitrogen and oxygen atoms in total. The average Bonchev–Trinajstić information content (AvgIpc) is 3.63. The summed E-state index contributed by atoms with van der Waals surface area (Å²) in [6.45, 7) is 0. The normalized spacial score (nSPS) is 16.3. The lowest BCUT2D eigenvalue weighted by Gasteiger charge is -2.29. The Morgan fingerprint density at radius 2 is 1.36 bits per heavy atom. The summed E-state index contributed by atoms with van der Waals surface area (Å²) in [5, 5.41) is 26.2. The minimum Gasteiger partial charge on any atom is -0.351 e. The molecule has 0 saturated carbocycles. The predicted molar refractivity (Wildman–Crippen MR) is 164 cm³/mol. The van der Waals surface area contributed by atoms with Gasteiger partial charge in [0.25, 0.3) is 11.4 Å². The van der Waals surface area contributed by atoms with Gasteiger partial charge in [-0.05, 0) is 85.0 Å². The van der Waals surface area contributed by atoms with Gasteiger partial charge in [0.05, 0.1) is 21.6 Å². The lowest BCUT2D eigenvalue weighted by molar-refractivity contribution is -0.385. The van der Waals surface area contributed by atoms with Crippen molar-refractivity contribution in [1.82, 2.24) is 14.9 Å². The zero-order valence-electron chi connectivity index (χ0n) is 21.8. The van der Waals surface area contributed by atoms with Crippen LogP contribution in [-0.4, -0.2) is 24.5 Å². The first-order chi connectivity index (χ1) is 20.4. The van der Waals surface area contributed by atoms with E-state index in [1.54, 1.807) is 30.5 Å². The SMILES string of the molecule is O=[N+]([O-])c1ccc(Sc2ccc(N3C(=S)N[C@H](c4ccccn4)[C@@H]3c3cccn3-c3ccc([N+](=O)[O-])cc3)cc2)cc1. The lowest BCUT2D eigenvalue weighted by atomic mass is 10.0. The summed E-state index contributed by atoms with van der Waals surface area (Å²) in [5.74, 6) is 0. The van der Waals surface area contributed by atoms with E-state index in [1.165, 1.54) is 36.0 Å². The molecule has 1 aliphatic heterocycles. The van der Waals surface area contributed by atoms with Gasteiger partial charge in [-0.1, -0.05) is 17.8 Å². The minimum absolute atomic E-state index is 0.0239. The first kappa shape index (κ1) is 27.1. The highest BCUT2D eigenvalue weighted by Gasteiger charge is 2.42. The van der Waals surface area contributed by atoms with E-state index in [0.29, 0.717) is 5.11 Å². The van der Waals surface area contributed by atoms with Crippen molar-refractivity contribution in [2.45, 2.75) is 21.9 Å². The van der Waals surface area contributed by atoms with E-state index < -0.39 is 9.85 Å². The van der Waals surface area contributed by atoms with Crippen LogP contribution in [0.1, 0.15) is 23.5 Å². The van der Waals surface area contributed by atoms with E-state index in [0.717, 1.165) is 32.6 Å². The number of benzene rings is 3. The highest BCUT2D eigenvalue weighted by atomic mass is 32.2. The van der Waals surface area contributed by atoms with E-state index in [-0.39, 0.29) is 23.5 Å². The molecule has 0 spiro atoms. The number of non-ortho nitro benzene ring substituents is 2. The Kier molecular flexibility index (Phi) is 7.38. The molecular weight excluding hydrogens is 573 g/mol. The third-order valence-electron chi connectivity index (χ3n) is 6.92. The van der Waals surface area contributed by atoms with Gasteiger partial charge in [0.15, 0.2) is 5.11 Å². The van der Waals surface area contributed by atoms with Crippen LogP contribution in [0.25, 0.3) is 5.69 Å². The fourth-order valence-electron chi connectivity index (χ4n) is 4.99. The van der Waals surface area contributed by atoms with Crippen molar-refractivity contribution in [2.24, 2.45) is 0 Å². The average molecular weight is 595 g/mol. The van der Waals surface area contributed by atoms with Crippen molar-refractivity contribution in [3.8, 4) is 5.69 Å². The van der Waals surface area contributed by atoms with Gasteiger partial charge in [-0.25, -0.2) is 0 Å². The van der Waals surface area contributed by atoms with Crippen LogP contribution in [0.5, 0.6) is 0 Å². The standard InChI is InChI=1S/C30H22N6O4S2/c37-35(38)22-8-6-20(7-9-22)33-19-3-5-27(33)29-28(26-4-1-2-18-31-26)32-30(41)34(29)21-10-14-24(15-11-21)42-25-16-12-23(13-17-25)36(39)40/h1-19,28-29H,(H,32,41)/t28-,29+/m1/s1. The van der Waals surface area contributed by atoms with Crippen LogP contribution >= 0.6 is 24.0 Å². The molecule has 0 bridgehead atoms. The Morgan fingerprint density at radius 3 is 1.95 bits per heavy atom. The second-order valence-electron chi connectivity index (χ2n) is 9.42. The molecule has 208 valence electrons. The summed E-state index contributed by atoms with van der Waals surface area (Å²) < 4.78 is 2.01. The van der Waals surface area contributed by atoms with Crippen molar-refractivity contribution in [3.63, 3.8) is 0 Å². The molecule has 3 aromatic carbocycles. The van der Waals surface area contributed by atoms with Crippen LogP contribution in [0.4, 0.5) is 17.1 Å². The third kappa shape index (κ3) is 5.32. The number of nitrogens with one attached hydrogen (secondary N) is 1. The molecule has 3 heterocycles. The topological polar surface area (TPSA) is 119 Å². The second kappa shape index (κ2) is 11.4. The molecule has 2 atom stereocenters. The quantitative estimate of drug-likeness (QED) is 0.115. The Labute approximate surface area is 249 Å². The summed E-state index contributed by atoms with van der Waals surface area (Å²) in [6, 6.07) is 30.0. The molecule has 0 aliphatic carbocycles. The van der Waals surface area contributed by atoms with Crippen LogP contribution in [0.2, 0.25) is 0 Å². The van der Waals surface area contributed by atoms with Gasteiger partial charge >= 0.3 is 0 Å². The Balaban J connectivity index is 1.35. The molecule has 0 radical (unpaired) electrons. The zero-order chi connectivity index (χ0) is 29.2. The van der Waals surface area contributed by atoms with E-state index in [9.17, 15) is 20.2 Å². The predicted octanol–water partition coefficient (Wildman–Crippen LogP) is 7.02. The van der Waals surface area contributed by atoms with E-state index in [1.807, 2.05) is 65.4 Å². The van der Waals surface area contributed by atoms with E-state index >= 15 is 0 Å². The number of nitro groups is 2. The van der Waals surface area contributed by atoms with Gasteiger partial charge in [-0.3, -0.25) is 25.2 Å². The van der Waals surface area contributed by atoms with Crippen molar-refractivity contribution in [2.75, 3.05) is 4.90 Å². The summed E-state index contributed by atoms with van der Waals surface area (Å²) in [4.78, 5) is 29.9. The maximum Gasteiger partial charge on any atom is 0.269 e. The number of hydrogen-bond donors (Lipinski definition) is 1. The number of rotatable bonds is 8. The van der Waals surface area contributed by atoms with Gasteiger partial charge < -0.3 is 14.8 Å². The van der Waals surface area contributed by atoms with Crippen LogP contribution in [-0.2, 0) is 0 Å². The van der Waals surface area contributed by atoms with Crippen molar-refractivity contribution >= 4 is 46.2 Å². The molecule has 6 rings (SSSR count). The van der Waals surface area contributed by atoms with Gasteiger partial charge in [-0.15, -0.1) is 0 Å². The fourth-order valence-corrected chi connectivity index (χ4v) is 6.15. The monoisotopic (exact) mass is 594 g/mol. The number of aromatic nitrogens is 2. The number of hydrogen-bond acceptors (Lipinski definition) is 7. The number of nitro benzene ring substituents is 2. The smallest absolute Gasteiger partial charge is 0.269 e. The molecular formula is C30H22N6O4S2. The molecule has 2 aromatic heterocycles. The zero-order valence-corrected chi connectivity index (χ0v) is 23.4. The summed E-state index contributed by atoms with van der Waals surface area (Å²) >= 11 is 7.38. The number of nitrogens with zero attached hydrogens (tertiary/aromatic N) is 5. The van der Waals surface area contributed by atoms with Gasteiger partial charge in [0.1, 0.15) is 6.04 Å². The van der Waals surface area contributed by atoms with Crippen molar-refractivity contribution in [1.29, 1.82) is 0 Å². The highest BCUT2D eigenvalue weighted by molar-refractivity contribution is 7.99. The first-order valence-electron chi connectivity index (χ1n) is 12.8. The molecule has 12 heteroatoms. The summed E-state index contributed by atoms with van der Waals surface area (Å²) in [6.07, 6.45) is 3.68. The van der Waals surface area contributed by atoms with E-state index in [4.69, 9.17) is 12.2 Å². The fraction of sp³-hybridized carbons (Fsp3) is 0.0667. The summed E-state index contributed by atoms with van der Waals surface area (Å²) in [7, 11) is 0. The van der Waals surface area contributed by atoms with Gasteiger partial charge in [-0.2, -0.15) is 0 Å². The van der Waals surface area contributed by atoms with Crippen molar-refractivity contribution < 1.29 is 9.85 Å². The van der Waals surface area contributed by atoms with Gasteiger partial charge in [0, 0.05) is 63.5 Å². The number of thiocarbonyl (C=S) groups is 1. The number of anilines is 1. The first-order valence-corrected chi connectivity index (χ1v) is 14.1. The largest absolute Gasteiger partial charge is 0.351 e.